The van der Waals surface area contributed by atoms with Crippen LogP contribution in [0.15, 0.2) is 39.7 Å². The molecule has 0 aliphatic carbocycles. The van der Waals surface area contributed by atoms with Crippen LogP contribution in [-0.2, 0) is 21.9 Å². The molecule has 2 aliphatic rings. The fraction of sp³-hybridized carbons (Fsp3) is 0.400. The largest absolute Gasteiger partial charge is 0.481 e. The molecule has 216 valence electrons. The first-order valence-corrected chi connectivity index (χ1v) is 13.2. The van der Waals surface area contributed by atoms with Crippen molar-refractivity contribution >= 4 is 46.3 Å². The molecule has 1 N–H and O–H groups in total. The molecule has 2 aromatic rings. The molecule has 1 aromatic carbocycles. The highest BCUT2D eigenvalue weighted by atomic mass is 32.2. The molecule has 0 saturated carbocycles. The van der Waals surface area contributed by atoms with Crippen LogP contribution in [-0.4, -0.2) is 81.8 Å². The second-order valence-corrected chi connectivity index (χ2v) is 10.8. The van der Waals surface area contributed by atoms with E-state index in [1.54, 1.807) is 0 Å². The number of nitrogens with zero attached hydrogens (tertiary/aromatic N) is 3. The van der Waals surface area contributed by atoms with Crippen molar-refractivity contribution in [3.8, 4) is 11.3 Å². The number of benzene rings is 1. The van der Waals surface area contributed by atoms with Gasteiger partial charge >= 0.3 is 18.3 Å². The van der Waals surface area contributed by atoms with E-state index in [1.807, 2.05) is 0 Å². The van der Waals surface area contributed by atoms with Gasteiger partial charge in [-0.25, -0.2) is 0 Å². The Bertz CT molecular complexity index is 1280. The molecule has 2 aliphatic heterocycles. The normalized spacial score (nSPS) is 18.8. The van der Waals surface area contributed by atoms with Crippen molar-refractivity contribution in [2.45, 2.75) is 18.8 Å². The number of amides is 1. The Balaban J connectivity index is 1.41. The van der Waals surface area contributed by atoms with Crippen molar-refractivity contribution in [3.05, 3.63) is 52.1 Å². The third kappa shape index (κ3) is 7.44. The smallest absolute Gasteiger partial charge is 0.416 e. The predicted molar refractivity (Wildman–Crippen MR) is 139 cm³/mol. The van der Waals surface area contributed by atoms with E-state index in [0.29, 0.717) is 62.3 Å². The summed E-state index contributed by atoms with van der Waals surface area (Å²) in [5, 5.41) is 8.82. The van der Waals surface area contributed by atoms with Crippen LogP contribution in [0, 0.1) is 0 Å². The molecular formula is C25H23F6N3O4S2. The van der Waals surface area contributed by atoms with E-state index >= 15 is 0 Å². The molecule has 2 saturated heterocycles. The van der Waals surface area contributed by atoms with Crippen LogP contribution >= 0.6 is 24.0 Å². The number of carboxylic acids is 1. The third-order valence-electron chi connectivity index (χ3n) is 6.39. The van der Waals surface area contributed by atoms with Crippen molar-refractivity contribution in [2.75, 3.05) is 45.8 Å². The summed E-state index contributed by atoms with van der Waals surface area (Å²) in [5.74, 6) is -1.38. The van der Waals surface area contributed by atoms with Crippen LogP contribution in [0.1, 0.15) is 23.3 Å². The highest BCUT2D eigenvalue weighted by Crippen LogP contribution is 2.39. The lowest BCUT2D eigenvalue weighted by Crippen LogP contribution is -2.49. The number of thiocarbonyl (C=S) groups is 1. The van der Waals surface area contributed by atoms with Gasteiger partial charge in [-0.15, -0.1) is 0 Å². The van der Waals surface area contributed by atoms with Crippen LogP contribution in [0.4, 0.5) is 26.3 Å². The maximum atomic E-state index is 13.2. The molecule has 1 amide bonds. The number of thioether (sulfide) groups is 1. The average Bonchev–Trinajstić information content (AvgIpc) is 3.45. The number of hydrogen-bond acceptors (Lipinski definition) is 7. The molecule has 1 aromatic heterocycles. The number of carbonyl (C=O) groups is 2. The molecule has 15 heteroatoms. The zero-order chi connectivity index (χ0) is 29.2. The maximum Gasteiger partial charge on any atom is 0.416 e. The van der Waals surface area contributed by atoms with Gasteiger partial charge in [-0.1, -0.05) is 24.0 Å². The Labute approximate surface area is 234 Å². The van der Waals surface area contributed by atoms with E-state index in [0.717, 1.165) is 11.8 Å². The third-order valence-corrected chi connectivity index (χ3v) is 7.77. The number of hydrogen-bond donors (Lipinski definition) is 1. The zero-order valence-corrected chi connectivity index (χ0v) is 22.4. The van der Waals surface area contributed by atoms with Gasteiger partial charge in [0, 0.05) is 57.5 Å². The maximum absolute atomic E-state index is 13.2. The molecule has 2 fully saturated rings. The monoisotopic (exact) mass is 607 g/mol. The average molecular weight is 608 g/mol. The lowest BCUT2D eigenvalue weighted by molar-refractivity contribution is -0.143. The minimum Gasteiger partial charge on any atom is -0.481 e. The predicted octanol–water partition coefficient (Wildman–Crippen LogP) is 5.28. The molecular weight excluding hydrogens is 584 g/mol. The number of halogens is 6. The van der Waals surface area contributed by atoms with Gasteiger partial charge < -0.3 is 14.4 Å². The molecule has 0 radical (unpaired) electrons. The summed E-state index contributed by atoms with van der Waals surface area (Å²) in [4.78, 5) is 29.5. The van der Waals surface area contributed by atoms with Crippen LogP contribution in [0.5, 0.6) is 0 Å². The molecule has 0 atom stereocenters. The Morgan fingerprint density at radius 1 is 0.950 bits per heavy atom. The molecule has 0 spiro atoms. The topological polar surface area (TPSA) is 77.2 Å². The number of carbonyl (C=O) groups excluding carboxylic acids is 1. The first-order chi connectivity index (χ1) is 18.7. The Morgan fingerprint density at radius 2 is 1.52 bits per heavy atom. The highest BCUT2D eigenvalue weighted by Gasteiger charge is 2.37. The van der Waals surface area contributed by atoms with E-state index in [4.69, 9.17) is 21.7 Å². The minimum absolute atomic E-state index is 0.0397. The van der Waals surface area contributed by atoms with Crippen molar-refractivity contribution in [1.29, 1.82) is 0 Å². The number of aliphatic carboxylic acids is 1. The summed E-state index contributed by atoms with van der Waals surface area (Å²) < 4.78 is 85.1. The number of alkyl halides is 6. The zero-order valence-electron chi connectivity index (χ0n) is 20.7. The molecule has 0 unspecified atom stereocenters. The summed E-state index contributed by atoms with van der Waals surface area (Å²) in [6.45, 7) is 4.20. The van der Waals surface area contributed by atoms with Gasteiger partial charge in [0.2, 0.25) is 0 Å². The van der Waals surface area contributed by atoms with Crippen LogP contribution in [0.2, 0.25) is 0 Å². The molecule has 3 heterocycles. The first-order valence-electron chi connectivity index (χ1n) is 12.0. The van der Waals surface area contributed by atoms with Gasteiger partial charge in [0.25, 0.3) is 5.91 Å². The molecule has 40 heavy (non-hydrogen) atoms. The number of carboxylic acid groups (broad SMARTS) is 1. The number of piperazine rings is 1. The summed E-state index contributed by atoms with van der Waals surface area (Å²) >= 11 is 6.36. The Morgan fingerprint density at radius 3 is 2.08 bits per heavy atom. The summed E-state index contributed by atoms with van der Waals surface area (Å²) in [6, 6.07) is 3.77. The first kappa shape index (κ1) is 30.1. The fourth-order valence-electron chi connectivity index (χ4n) is 4.24. The van der Waals surface area contributed by atoms with Crippen molar-refractivity contribution < 1.29 is 45.5 Å². The van der Waals surface area contributed by atoms with E-state index in [9.17, 15) is 35.9 Å². The standard InChI is InChI=1S/C25H23F6N3O4S2/c26-24(27,28)16-11-15(12-17(13-16)25(29,30)31)19-2-1-18(38-19)14-20-22(37)34(23(39)40-20)10-9-33-7-5-32(6-8-33)4-3-21(35)36/h1-2,11-14H,3-10H2,(H,35,36). The lowest BCUT2D eigenvalue weighted by Gasteiger charge is -2.35. The van der Waals surface area contributed by atoms with Gasteiger partial charge in [-0.2, -0.15) is 26.3 Å². The van der Waals surface area contributed by atoms with Gasteiger partial charge in [0.15, 0.2) is 0 Å². The van der Waals surface area contributed by atoms with E-state index in [2.05, 4.69) is 9.80 Å². The summed E-state index contributed by atoms with van der Waals surface area (Å²) in [7, 11) is 0. The molecule has 4 rings (SSSR count). The number of rotatable bonds is 8. The summed E-state index contributed by atoms with van der Waals surface area (Å²) in [5.41, 5.74) is -3.33. The number of furan rings is 1. The van der Waals surface area contributed by atoms with E-state index in [-0.39, 0.29) is 34.8 Å². The Hall–Kier alpha value is -2.88. The second-order valence-electron chi connectivity index (χ2n) is 9.16. The summed E-state index contributed by atoms with van der Waals surface area (Å²) in [6.07, 6.45) is -8.56. The van der Waals surface area contributed by atoms with Crippen LogP contribution in [0.3, 0.4) is 0 Å². The minimum atomic E-state index is -4.99. The second kappa shape index (κ2) is 11.9. The van der Waals surface area contributed by atoms with E-state index < -0.39 is 35.0 Å². The Kier molecular flexibility index (Phi) is 8.97. The van der Waals surface area contributed by atoms with Gasteiger partial charge in [-0.3, -0.25) is 19.4 Å². The van der Waals surface area contributed by atoms with Crippen LogP contribution in [0.25, 0.3) is 17.4 Å². The molecule has 7 nitrogen and oxygen atoms in total. The SMILES string of the molecule is O=C(O)CCN1CCN(CCN2C(=O)C(=Cc3ccc(-c4cc(C(F)(F)F)cc(C(F)(F)F)c4)o3)SC2=S)CC1. The van der Waals surface area contributed by atoms with Gasteiger partial charge in [-0.05, 0) is 30.3 Å². The van der Waals surface area contributed by atoms with Crippen molar-refractivity contribution in [1.82, 2.24) is 14.7 Å². The quantitative estimate of drug-likeness (QED) is 0.247. The molecule has 0 bridgehead atoms. The van der Waals surface area contributed by atoms with E-state index in [1.165, 1.54) is 23.1 Å². The highest BCUT2D eigenvalue weighted by molar-refractivity contribution is 8.26. The van der Waals surface area contributed by atoms with Gasteiger partial charge in [0.1, 0.15) is 15.8 Å². The van der Waals surface area contributed by atoms with Gasteiger partial charge in [0.05, 0.1) is 22.5 Å². The lowest BCUT2D eigenvalue weighted by atomic mass is 10.0. The van der Waals surface area contributed by atoms with Crippen LogP contribution < -0.4 is 0 Å². The van der Waals surface area contributed by atoms with Crippen molar-refractivity contribution in [3.63, 3.8) is 0 Å². The fourth-order valence-corrected chi connectivity index (χ4v) is 5.53. The van der Waals surface area contributed by atoms with Crippen molar-refractivity contribution in [2.24, 2.45) is 0 Å².